The quantitative estimate of drug-likeness (QED) is 0.775. The minimum atomic E-state index is -0.0256. The van der Waals surface area contributed by atoms with Gasteiger partial charge in [-0.3, -0.25) is 0 Å². The van der Waals surface area contributed by atoms with Crippen molar-refractivity contribution in [2.24, 2.45) is 0 Å². The van der Waals surface area contributed by atoms with Crippen molar-refractivity contribution < 1.29 is 0 Å². The lowest BCUT2D eigenvalue weighted by Gasteiger charge is -2.07. The van der Waals surface area contributed by atoms with E-state index in [9.17, 15) is 0 Å². The average molecular weight is 220 g/mol. The summed E-state index contributed by atoms with van der Waals surface area (Å²) in [5.74, 6) is 0.975. The largest absolute Gasteiger partial charge is 0.305 e. The van der Waals surface area contributed by atoms with Crippen molar-refractivity contribution in [3.63, 3.8) is 0 Å². The molecule has 0 amide bonds. The van der Waals surface area contributed by atoms with Gasteiger partial charge in [-0.25, -0.2) is 0 Å². The normalized spacial score (nSPS) is 12.1. The van der Waals surface area contributed by atoms with Gasteiger partial charge in [-0.15, -0.1) is 11.8 Å². The number of thioether (sulfide) groups is 1. The summed E-state index contributed by atoms with van der Waals surface area (Å²) in [6.45, 7) is 2.09. The van der Waals surface area contributed by atoms with E-state index in [2.05, 4.69) is 42.6 Å². The molecule has 1 unspecified atom stereocenters. The molecule has 3 heteroatoms. The summed E-state index contributed by atoms with van der Waals surface area (Å²) in [6, 6.07) is 10.6. The fourth-order valence-electron chi connectivity index (χ4n) is 1.27. The van der Waals surface area contributed by atoms with Crippen molar-refractivity contribution in [1.29, 1.82) is 5.26 Å². The van der Waals surface area contributed by atoms with Crippen LogP contribution in [0.3, 0.4) is 0 Å². The molecular weight excluding hydrogens is 204 g/mol. The molecule has 0 spiro atoms. The minimum absolute atomic E-state index is 0.0256. The highest BCUT2D eigenvalue weighted by atomic mass is 32.2. The SMILES string of the molecule is CNC(C#N)CCSc1cccc(C)c1. The summed E-state index contributed by atoms with van der Waals surface area (Å²) in [5, 5.41) is 11.7. The Hall–Kier alpha value is -0.980. The number of nitrogens with one attached hydrogen (secondary N) is 1. The van der Waals surface area contributed by atoms with Crippen LogP contribution >= 0.6 is 11.8 Å². The highest BCUT2D eigenvalue weighted by Gasteiger charge is 2.03. The standard InChI is InChI=1S/C12H16N2S/c1-10-4-3-5-12(8-10)15-7-6-11(9-13)14-2/h3-5,8,11,14H,6-7H2,1-2H3. The van der Waals surface area contributed by atoms with E-state index in [1.807, 2.05) is 7.05 Å². The van der Waals surface area contributed by atoms with Crippen molar-refractivity contribution in [2.45, 2.75) is 24.3 Å². The van der Waals surface area contributed by atoms with Crippen LogP contribution in [0.25, 0.3) is 0 Å². The molecule has 0 aliphatic heterocycles. The number of hydrogen-bond donors (Lipinski definition) is 1. The molecule has 0 saturated carbocycles. The highest BCUT2D eigenvalue weighted by Crippen LogP contribution is 2.19. The van der Waals surface area contributed by atoms with Gasteiger partial charge in [-0.2, -0.15) is 5.26 Å². The number of rotatable bonds is 5. The molecular formula is C12H16N2S. The fraction of sp³-hybridized carbons (Fsp3) is 0.417. The van der Waals surface area contributed by atoms with Gasteiger partial charge in [0.25, 0.3) is 0 Å². The van der Waals surface area contributed by atoms with Crippen molar-refractivity contribution in [3.8, 4) is 6.07 Å². The number of benzene rings is 1. The van der Waals surface area contributed by atoms with Crippen LogP contribution in [0.15, 0.2) is 29.2 Å². The molecule has 0 bridgehead atoms. The second-order valence-corrected chi connectivity index (χ2v) is 4.59. The molecule has 80 valence electrons. The summed E-state index contributed by atoms with van der Waals surface area (Å²) in [6.07, 6.45) is 0.881. The lowest BCUT2D eigenvalue weighted by Crippen LogP contribution is -2.23. The smallest absolute Gasteiger partial charge is 0.0958 e. The maximum atomic E-state index is 8.75. The van der Waals surface area contributed by atoms with E-state index in [0.717, 1.165) is 12.2 Å². The van der Waals surface area contributed by atoms with Crippen LogP contribution in [0.2, 0.25) is 0 Å². The monoisotopic (exact) mass is 220 g/mol. The zero-order valence-corrected chi connectivity index (χ0v) is 9.97. The minimum Gasteiger partial charge on any atom is -0.305 e. The molecule has 0 fully saturated rings. The summed E-state index contributed by atoms with van der Waals surface area (Å²) < 4.78 is 0. The van der Waals surface area contributed by atoms with Crippen LogP contribution in [0.1, 0.15) is 12.0 Å². The Bertz CT molecular complexity index is 344. The van der Waals surface area contributed by atoms with E-state index in [1.54, 1.807) is 11.8 Å². The van der Waals surface area contributed by atoms with Gasteiger partial charge in [0.1, 0.15) is 0 Å². The molecule has 1 aromatic rings. The van der Waals surface area contributed by atoms with E-state index >= 15 is 0 Å². The van der Waals surface area contributed by atoms with Crippen LogP contribution in [0.5, 0.6) is 0 Å². The molecule has 1 rings (SSSR count). The number of nitriles is 1. The van der Waals surface area contributed by atoms with Gasteiger partial charge >= 0.3 is 0 Å². The third-order valence-corrected chi connectivity index (χ3v) is 3.20. The predicted octanol–water partition coefficient (Wildman–Crippen LogP) is 2.59. The Morgan fingerprint density at radius 2 is 2.33 bits per heavy atom. The van der Waals surface area contributed by atoms with E-state index < -0.39 is 0 Å². The molecule has 0 aliphatic rings. The van der Waals surface area contributed by atoms with Crippen LogP contribution in [-0.4, -0.2) is 18.8 Å². The van der Waals surface area contributed by atoms with Gasteiger partial charge in [-0.05, 0) is 32.5 Å². The predicted molar refractivity (Wildman–Crippen MR) is 65.0 cm³/mol. The summed E-state index contributed by atoms with van der Waals surface area (Å²) in [5.41, 5.74) is 1.28. The zero-order chi connectivity index (χ0) is 11.1. The van der Waals surface area contributed by atoms with E-state index in [1.165, 1.54) is 10.5 Å². The van der Waals surface area contributed by atoms with Crippen molar-refractivity contribution in [1.82, 2.24) is 5.32 Å². The van der Waals surface area contributed by atoms with Gasteiger partial charge in [0, 0.05) is 10.6 Å². The Morgan fingerprint density at radius 1 is 1.53 bits per heavy atom. The summed E-state index contributed by atoms with van der Waals surface area (Å²) in [4.78, 5) is 1.28. The van der Waals surface area contributed by atoms with Gasteiger partial charge < -0.3 is 5.32 Å². The average Bonchev–Trinajstić information content (AvgIpc) is 2.25. The topological polar surface area (TPSA) is 35.8 Å². The maximum Gasteiger partial charge on any atom is 0.0958 e. The molecule has 1 atom stereocenters. The molecule has 15 heavy (non-hydrogen) atoms. The van der Waals surface area contributed by atoms with E-state index in [-0.39, 0.29) is 6.04 Å². The number of hydrogen-bond acceptors (Lipinski definition) is 3. The first kappa shape index (κ1) is 12.1. The molecule has 2 nitrogen and oxygen atoms in total. The first-order valence-corrected chi connectivity index (χ1v) is 6.01. The number of nitrogens with zero attached hydrogens (tertiary/aromatic N) is 1. The second kappa shape index (κ2) is 6.49. The fourth-order valence-corrected chi connectivity index (χ4v) is 2.31. The Morgan fingerprint density at radius 3 is 2.93 bits per heavy atom. The second-order valence-electron chi connectivity index (χ2n) is 3.42. The molecule has 0 saturated heterocycles. The van der Waals surface area contributed by atoms with Crippen molar-refractivity contribution in [2.75, 3.05) is 12.8 Å². The van der Waals surface area contributed by atoms with Crippen molar-refractivity contribution in [3.05, 3.63) is 29.8 Å². The third-order valence-electron chi connectivity index (χ3n) is 2.17. The Kier molecular flexibility index (Phi) is 5.23. The van der Waals surface area contributed by atoms with E-state index in [0.29, 0.717) is 0 Å². The first-order valence-electron chi connectivity index (χ1n) is 5.02. The third kappa shape index (κ3) is 4.37. The van der Waals surface area contributed by atoms with Crippen LogP contribution in [0, 0.1) is 18.3 Å². The van der Waals surface area contributed by atoms with Crippen molar-refractivity contribution >= 4 is 11.8 Å². The molecule has 1 aromatic carbocycles. The van der Waals surface area contributed by atoms with Gasteiger partial charge in [0.05, 0.1) is 12.1 Å². The molecule has 0 aromatic heterocycles. The maximum absolute atomic E-state index is 8.75. The molecule has 0 aliphatic carbocycles. The number of aryl methyl sites for hydroxylation is 1. The van der Waals surface area contributed by atoms with Crippen LogP contribution in [0.4, 0.5) is 0 Å². The molecule has 0 radical (unpaired) electrons. The van der Waals surface area contributed by atoms with Gasteiger partial charge in [-0.1, -0.05) is 17.7 Å². The summed E-state index contributed by atoms with van der Waals surface area (Å²) in [7, 11) is 1.82. The van der Waals surface area contributed by atoms with Crippen LogP contribution < -0.4 is 5.32 Å². The van der Waals surface area contributed by atoms with Gasteiger partial charge in [0.15, 0.2) is 0 Å². The van der Waals surface area contributed by atoms with Gasteiger partial charge in [0.2, 0.25) is 0 Å². The lowest BCUT2D eigenvalue weighted by atomic mass is 10.2. The Balaban J connectivity index is 2.35. The molecule has 0 heterocycles. The Labute approximate surface area is 95.7 Å². The highest BCUT2D eigenvalue weighted by molar-refractivity contribution is 7.99. The lowest BCUT2D eigenvalue weighted by molar-refractivity contribution is 0.663. The van der Waals surface area contributed by atoms with E-state index in [4.69, 9.17) is 5.26 Å². The first-order chi connectivity index (χ1) is 7.26. The zero-order valence-electron chi connectivity index (χ0n) is 9.16. The summed E-state index contributed by atoms with van der Waals surface area (Å²) >= 11 is 1.80. The van der Waals surface area contributed by atoms with Crippen LogP contribution in [-0.2, 0) is 0 Å². The molecule has 1 N–H and O–H groups in total.